The first-order valence-corrected chi connectivity index (χ1v) is 8.15. The second kappa shape index (κ2) is 8.72. The van der Waals surface area contributed by atoms with Crippen LogP contribution in [0, 0.1) is 6.92 Å². The fraction of sp³-hybridized carbons (Fsp3) is 0.500. The highest BCUT2D eigenvalue weighted by molar-refractivity contribution is 7.85. The van der Waals surface area contributed by atoms with E-state index in [9.17, 15) is 17.8 Å². The third-order valence-electron chi connectivity index (χ3n) is 2.60. The van der Waals surface area contributed by atoms with Gasteiger partial charge in [0, 0.05) is 7.05 Å². The van der Waals surface area contributed by atoms with E-state index in [1.54, 1.807) is 19.2 Å². The number of rotatable bonds is 4. The Morgan fingerprint density at radius 2 is 1.68 bits per heavy atom. The summed E-state index contributed by atoms with van der Waals surface area (Å²) in [5, 5.41) is 5.22. The van der Waals surface area contributed by atoms with E-state index in [4.69, 9.17) is 0 Å². The highest BCUT2D eigenvalue weighted by atomic mass is 32.2. The molecule has 0 fully saturated rings. The van der Waals surface area contributed by atoms with Crippen LogP contribution in [0.15, 0.2) is 29.2 Å². The van der Waals surface area contributed by atoms with E-state index >= 15 is 0 Å². The number of hydrogen-bond donors (Lipinski definition) is 2. The van der Waals surface area contributed by atoms with Gasteiger partial charge in [-0.1, -0.05) is 17.7 Å². The van der Waals surface area contributed by atoms with Crippen LogP contribution in [0.25, 0.3) is 0 Å². The largest absolute Gasteiger partial charge is 0.744 e. The Morgan fingerprint density at radius 1 is 1.18 bits per heavy atom. The van der Waals surface area contributed by atoms with Crippen molar-refractivity contribution in [1.29, 1.82) is 0 Å². The van der Waals surface area contributed by atoms with Crippen molar-refractivity contribution in [2.24, 2.45) is 0 Å². The maximum Gasteiger partial charge on any atom is 0.314 e. The number of hydrogen-bond acceptors (Lipinski definition) is 4. The number of nitrogens with zero attached hydrogens (tertiary/aromatic N) is 1. The molecule has 0 aliphatic heterocycles. The SMILES string of the molecule is CNC(=O)NCC[N+](C)(C)C.Cc1ccc(S(=O)(=O)[O-])cc1. The lowest BCUT2D eigenvalue weighted by molar-refractivity contribution is -0.869. The predicted molar refractivity (Wildman–Crippen MR) is 84.5 cm³/mol. The van der Waals surface area contributed by atoms with Crippen molar-refractivity contribution in [3.8, 4) is 0 Å². The van der Waals surface area contributed by atoms with Gasteiger partial charge in [0.05, 0.1) is 39.1 Å². The summed E-state index contributed by atoms with van der Waals surface area (Å²) in [7, 11) is 3.61. The van der Waals surface area contributed by atoms with Gasteiger partial charge in [-0.2, -0.15) is 0 Å². The highest BCUT2D eigenvalue weighted by Gasteiger charge is 2.06. The molecule has 126 valence electrons. The lowest BCUT2D eigenvalue weighted by atomic mass is 10.2. The topological polar surface area (TPSA) is 98.3 Å². The summed E-state index contributed by atoms with van der Waals surface area (Å²) in [6.45, 7) is 3.47. The highest BCUT2D eigenvalue weighted by Crippen LogP contribution is 2.08. The fourth-order valence-electron chi connectivity index (χ4n) is 1.30. The molecule has 2 N–H and O–H groups in total. The normalized spacial score (nSPS) is 11.2. The molecule has 0 aliphatic carbocycles. The van der Waals surface area contributed by atoms with Gasteiger partial charge in [0.15, 0.2) is 0 Å². The average Bonchev–Trinajstić information content (AvgIpc) is 2.37. The van der Waals surface area contributed by atoms with E-state index in [0.29, 0.717) is 6.54 Å². The van der Waals surface area contributed by atoms with Crippen LogP contribution in [0.4, 0.5) is 4.79 Å². The summed E-state index contributed by atoms with van der Waals surface area (Å²) in [5.74, 6) is 0. The average molecular weight is 331 g/mol. The fourth-order valence-corrected chi connectivity index (χ4v) is 1.77. The minimum atomic E-state index is -4.27. The molecule has 8 heteroatoms. The van der Waals surface area contributed by atoms with E-state index in [1.807, 2.05) is 6.92 Å². The van der Waals surface area contributed by atoms with Crippen LogP contribution < -0.4 is 10.6 Å². The van der Waals surface area contributed by atoms with E-state index in [2.05, 4.69) is 31.8 Å². The maximum absolute atomic E-state index is 10.7. The smallest absolute Gasteiger partial charge is 0.314 e. The van der Waals surface area contributed by atoms with Crippen molar-refractivity contribution in [3.05, 3.63) is 29.8 Å². The van der Waals surface area contributed by atoms with E-state index < -0.39 is 10.1 Å². The summed E-state index contributed by atoms with van der Waals surface area (Å²) < 4.78 is 32.0. The van der Waals surface area contributed by atoms with Crippen molar-refractivity contribution in [3.63, 3.8) is 0 Å². The summed E-state index contributed by atoms with van der Waals surface area (Å²) in [5.41, 5.74) is 0.928. The van der Waals surface area contributed by atoms with Crippen LogP contribution in [-0.4, -0.2) is 64.8 Å². The van der Waals surface area contributed by atoms with E-state index in [1.165, 1.54) is 12.1 Å². The predicted octanol–water partition coefficient (Wildman–Crippen LogP) is 0.521. The summed E-state index contributed by atoms with van der Waals surface area (Å²) in [6, 6.07) is 5.67. The zero-order valence-electron chi connectivity index (χ0n) is 13.7. The molecule has 0 aliphatic rings. The zero-order chi connectivity index (χ0) is 17.4. The van der Waals surface area contributed by atoms with Gasteiger partial charge >= 0.3 is 6.03 Å². The van der Waals surface area contributed by atoms with E-state index in [0.717, 1.165) is 16.6 Å². The zero-order valence-corrected chi connectivity index (χ0v) is 14.5. The number of quaternary nitrogens is 1. The Bertz CT molecular complexity index is 563. The van der Waals surface area contributed by atoms with Gasteiger partial charge in [-0.25, -0.2) is 13.2 Å². The molecule has 0 aromatic heterocycles. The minimum Gasteiger partial charge on any atom is -0.744 e. The molecule has 0 saturated carbocycles. The molecule has 1 aromatic carbocycles. The van der Waals surface area contributed by atoms with Crippen LogP contribution in [0.1, 0.15) is 5.56 Å². The first-order valence-electron chi connectivity index (χ1n) is 6.74. The minimum absolute atomic E-state index is 0.113. The van der Waals surface area contributed by atoms with Gasteiger partial charge in [0.1, 0.15) is 10.1 Å². The number of nitrogens with one attached hydrogen (secondary N) is 2. The standard InChI is InChI=1S/C7H17N3O.C7H8O3S/c1-8-7(11)9-5-6-10(2,3)4;1-6-2-4-7(5-3-6)11(8,9)10/h5-6H2,1-4H3,(H-,8,9,11);2-5H,1H3,(H,8,9,10). The Morgan fingerprint density at radius 3 is 2.05 bits per heavy atom. The van der Waals surface area contributed by atoms with Crippen LogP contribution in [0.5, 0.6) is 0 Å². The molecule has 0 heterocycles. The molecule has 1 rings (SSSR count). The van der Waals surface area contributed by atoms with Gasteiger partial charge in [0.25, 0.3) is 0 Å². The van der Waals surface area contributed by atoms with Gasteiger partial charge in [0.2, 0.25) is 0 Å². The Labute approximate surface area is 132 Å². The van der Waals surface area contributed by atoms with Crippen LogP contribution >= 0.6 is 0 Å². The molecule has 22 heavy (non-hydrogen) atoms. The third kappa shape index (κ3) is 10.1. The number of carbonyl (C=O) groups excluding carboxylic acids is 1. The Kier molecular flexibility index (Phi) is 8.07. The first kappa shape index (κ1) is 20.4. The molecule has 0 bridgehead atoms. The van der Waals surface area contributed by atoms with Crippen molar-refractivity contribution in [1.82, 2.24) is 10.6 Å². The van der Waals surface area contributed by atoms with Crippen molar-refractivity contribution in [2.45, 2.75) is 11.8 Å². The van der Waals surface area contributed by atoms with Crippen LogP contribution in [-0.2, 0) is 10.1 Å². The Balaban J connectivity index is 0.000000401. The molecule has 0 saturated heterocycles. The van der Waals surface area contributed by atoms with Crippen molar-refractivity contribution in [2.75, 3.05) is 41.3 Å². The molecular formula is C14H25N3O4S. The Hall–Kier alpha value is -1.64. The van der Waals surface area contributed by atoms with Crippen LogP contribution in [0.2, 0.25) is 0 Å². The van der Waals surface area contributed by atoms with Crippen molar-refractivity contribution >= 4 is 16.1 Å². The lowest BCUT2D eigenvalue weighted by Crippen LogP contribution is -2.43. The number of likely N-dealkylation sites (N-methyl/N-ethyl adjacent to an activating group) is 1. The van der Waals surface area contributed by atoms with Gasteiger partial charge < -0.3 is 19.7 Å². The molecule has 0 unspecified atom stereocenters. The summed E-state index contributed by atoms with van der Waals surface area (Å²) in [4.78, 5) is 10.5. The summed E-state index contributed by atoms with van der Waals surface area (Å²) in [6.07, 6.45) is 0. The number of aryl methyl sites for hydroxylation is 1. The van der Waals surface area contributed by atoms with Gasteiger partial charge in [-0.05, 0) is 19.1 Å². The number of benzene rings is 1. The van der Waals surface area contributed by atoms with Crippen molar-refractivity contribution < 1.29 is 22.2 Å². The molecule has 0 atom stereocenters. The summed E-state index contributed by atoms with van der Waals surface area (Å²) >= 11 is 0. The maximum atomic E-state index is 10.7. The molecule has 0 radical (unpaired) electrons. The van der Waals surface area contributed by atoms with E-state index in [-0.39, 0.29) is 10.9 Å². The molecule has 7 nitrogen and oxygen atoms in total. The van der Waals surface area contributed by atoms with Gasteiger partial charge in [-0.3, -0.25) is 0 Å². The molecule has 1 aromatic rings. The third-order valence-corrected chi connectivity index (χ3v) is 3.45. The monoisotopic (exact) mass is 331 g/mol. The second-order valence-corrected chi connectivity index (χ2v) is 7.17. The number of urea groups is 1. The molecule has 0 spiro atoms. The second-order valence-electron chi connectivity index (χ2n) is 5.79. The first-order chi connectivity index (χ1) is 9.95. The molecular weight excluding hydrogens is 306 g/mol. The lowest BCUT2D eigenvalue weighted by Gasteiger charge is -2.23. The molecule has 2 amide bonds. The van der Waals surface area contributed by atoms with Crippen LogP contribution in [0.3, 0.4) is 0 Å². The van der Waals surface area contributed by atoms with Gasteiger partial charge in [-0.15, -0.1) is 0 Å². The number of amides is 2. The number of carbonyl (C=O) groups is 1. The quantitative estimate of drug-likeness (QED) is 0.621.